The summed E-state index contributed by atoms with van der Waals surface area (Å²) in [5.41, 5.74) is 1.55. The first-order valence-corrected chi connectivity index (χ1v) is 7.99. The number of alkyl halides is 3. The zero-order valence-electron chi connectivity index (χ0n) is 14.0. The molecule has 2 aromatic carbocycles. The number of fused-ring (bicyclic) bond motifs is 3. The van der Waals surface area contributed by atoms with Gasteiger partial charge in [0, 0.05) is 22.5 Å². The van der Waals surface area contributed by atoms with Gasteiger partial charge in [-0.25, -0.2) is 0 Å². The molecule has 4 rings (SSSR count). The fourth-order valence-corrected chi connectivity index (χ4v) is 3.23. The third kappa shape index (κ3) is 2.49. The van der Waals surface area contributed by atoms with E-state index in [1.54, 1.807) is 6.92 Å². The summed E-state index contributed by atoms with van der Waals surface area (Å²) >= 11 is 0. The summed E-state index contributed by atoms with van der Waals surface area (Å²) in [6.45, 7) is 3.60. The molecule has 0 aliphatic heterocycles. The van der Waals surface area contributed by atoms with Crippen molar-refractivity contribution in [1.29, 1.82) is 0 Å². The molecule has 0 saturated heterocycles. The van der Waals surface area contributed by atoms with Crippen molar-refractivity contribution < 1.29 is 17.6 Å². The zero-order chi connectivity index (χ0) is 18.6. The molecule has 0 aliphatic carbocycles. The van der Waals surface area contributed by atoms with Gasteiger partial charge in [0.1, 0.15) is 5.58 Å². The van der Waals surface area contributed by atoms with Crippen LogP contribution in [0.3, 0.4) is 0 Å². The Balaban J connectivity index is 2.03. The SMILES string of the molecule is Cc1ccc2c(c1)oc1c(C)n(-c3cccc(C(F)(F)F)c3)c(=O)cc12. The van der Waals surface area contributed by atoms with Crippen LogP contribution in [0.1, 0.15) is 16.8 Å². The van der Waals surface area contributed by atoms with Gasteiger partial charge in [-0.2, -0.15) is 13.2 Å². The molecular weight excluding hydrogens is 343 g/mol. The minimum Gasteiger partial charge on any atom is -0.454 e. The predicted octanol–water partition coefficient (Wildman–Crippen LogP) is 5.37. The Labute approximate surface area is 146 Å². The Kier molecular flexibility index (Phi) is 3.47. The largest absolute Gasteiger partial charge is 0.454 e. The van der Waals surface area contributed by atoms with Gasteiger partial charge in [-0.1, -0.05) is 18.2 Å². The predicted molar refractivity (Wildman–Crippen MR) is 93.8 cm³/mol. The van der Waals surface area contributed by atoms with Gasteiger partial charge in [0.15, 0.2) is 5.58 Å². The Morgan fingerprint density at radius 2 is 1.73 bits per heavy atom. The number of halogens is 3. The monoisotopic (exact) mass is 357 g/mol. The molecule has 4 aromatic rings. The van der Waals surface area contributed by atoms with E-state index in [4.69, 9.17) is 4.42 Å². The smallest absolute Gasteiger partial charge is 0.416 e. The maximum Gasteiger partial charge on any atom is 0.416 e. The Bertz CT molecular complexity index is 1220. The van der Waals surface area contributed by atoms with Crippen LogP contribution in [-0.2, 0) is 6.18 Å². The van der Waals surface area contributed by atoms with Crippen LogP contribution in [0.2, 0.25) is 0 Å². The van der Waals surface area contributed by atoms with E-state index in [9.17, 15) is 18.0 Å². The fraction of sp³-hybridized carbons (Fsp3) is 0.150. The molecule has 2 heterocycles. The lowest BCUT2D eigenvalue weighted by Crippen LogP contribution is -2.20. The molecule has 0 spiro atoms. The van der Waals surface area contributed by atoms with Crippen LogP contribution in [0.4, 0.5) is 13.2 Å². The number of pyridine rings is 1. The standard InChI is InChI=1S/C20H14F3NO2/c1-11-6-7-15-16-10-18(25)24(12(2)19(16)26-17(15)8-11)14-5-3-4-13(9-14)20(21,22)23/h3-10H,1-2H3. The van der Waals surface area contributed by atoms with Crippen molar-refractivity contribution in [2.24, 2.45) is 0 Å². The maximum atomic E-state index is 13.0. The molecule has 0 amide bonds. The Hall–Kier alpha value is -3.02. The molecule has 26 heavy (non-hydrogen) atoms. The summed E-state index contributed by atoms with van der Waals surface area (Å²) in [5.74, 6) is 0. The highest BCUT2D eigenvalue weighted by atomic mass is 19.4. The quantitative estimate of drug-likeness (QED) is 0.459. The number of furan rings is 1. The summed E-state index contributed by atoms with van der Waals surface area (Å²) in [4.78, 5) is 12.7. The van der Waals surface area contributed by atoms with Crippen LogP contribution in [-0.4, -0.2) is 4.57 Å². The molecule has 2 aromatic heterocycles. The maximum absolute atomic E-state index is 13.0. The number of hydrogen-bond donors (Lipinski definition) is 0. The lowest BCUT2D eigenvalue weighted by atomic mass is 10.1. The van der Waals surface area contributed by atoms with Gasteiger partial charge in [0.2, 0.25) is 0 Å². The normalized spacial score (nSPS) is 12.2. The van der Waals surface area contributed by atoms with E-state index < -0.39 is 17.3 Å². The molecule has 0 bridgehead atoms. The van der Waals surface area contributed by atoms with Crippen molar-refractivity contribution in [3.63, 3.8) is 0 Å². The van der Waals surface area contributed by atoms with E-state index in [1.165, 1.54) is 22.8 Å². The van der Waals surface area contributed by atoms with Gasteiger partial charge < -0.3 is 4.42 Å². The highest BCUT2D eigenvalue weighted by Crippen LogP contribution is 2.33. The van der Waals surface area contributed by atoms with Crippen LogP contribution in [0.15, 0.2) is 57.7 Å². The summed E-state index contributed by atoms with van der Waals surface area (Å²) < 4.78 is 46.2. The lowest BCUT2D eigenvalue weighted by molar-refractivity contribution is -0.137. The first-order chi connectivity index (χ1) is 12.3. The van der Waals surface area contributed by atoms with Crippen LogP contribution in [0.5, 0.6) is 0 Å². The molecule has 6 heteroatoms. The first kappa shape index (κ1) is 16.4. The van der Waals surface area contributed by atoms with Crippen LogP contribution in [0.25, 0.3) is 27.6 Å². The van der Waals surface area contributed by atoms with Gasteiger partial charge in [0.25, 0.3) is 5.56 Å². The van der Waals surface area contributed by atoms with E-state index in [1.807, 2.05) is 25.1 Å². The minimum absolute atomic E-state index is 0.154. The Morgan fingerprint density at radius 3 is 2.46 bits per heavy atom. The number of rotatable bonds is 1. The second kappa shape index (κ2) is 5.49. The molecule has 0 saturated carbocycles. The van der Waals surface area contributed by atoms with E-state index >= 15 is 0 Å². The van der Waals surface area contributed by atoms with Crippen molar-refractivity contribution in [1.82, 2.24) is 4.57 Å². The number of aryl methyl sites for hydroxylation is 2. The molecule has 3 nitrogen and oxygen atoms in total. The molecule has 0 fully saturated rings. The highest BCUT2D eigenvalue weighted by Gasteiger charge is 2.30. The van der Waals surface area contributed by atoms with Gasteiger partial charge in [-0.3, -0.25) is 9.36 Å². The van der Waals surface area contributed by atoms with Crippen molar-refractivity contribution >= 4 is 21.9 Å². The average molecular weight is 357 g/mol. The molecule has 0 unspecified atom stereocenters. The summed E-state index contributed by atoms with van der Waals surface area (Å²) in [5, 5.41) is 1.47. The van der Waals surface area contributed by atoms with Crippen molar-refractivity contribution in [2.75, 3.05) is 0 Å². The number of hydrogen-bond acceptors (Lipinski definition) is 2. The fourth-order valence-electron chi connectivity index (χ4n) is 3.23. The third-order valence-electron chi connectivity index (χ3n) is 4.47. The van der Waals surface area contributed by atoms with Gasteiger partial charge in [-0.15, -0.1) is 0 Å². The topological polar surface area (TPSA) is 35.1 Å². The number of aromatic nitrogens is 1. The molecule has 0 atom stereocenters. The molecule has 132 valence electrons. The zero-order valence-corrected chi connectivity index (χ0v) is 14.0. The summed E-state index contributed by atoms with van der Waals surface area (Å²) in [6.07, 6.45) is -4.48. The van der Waals surface area contributed by atoms with E-state index in [0.717, 1.165) is 23.1 Å². The van der Waals surface area contributed by atoms with Gasteiger partial charge >= 0.3 is 6.18 Å². The molecule has 0 aliphatic rings. The third-order valence-corrected chi connectivity index (χ3v) is 4.47. The molecular formula is C20H14F3NO2. The van der Waals surface area contributed by atoms with Crippen molar-refractivity contribution in [3.05, 3.63) is 75.7 Å². The molecule has 0 radical (unpaired) electrons. The highest BCUT2D eigenvalue weighted by molar-refractivity contribution is 6.05. The second-order valence-corrected chi connectivity index (χ2v) is 6.30. The van der Waals surface area contributed by atoms with Gasteiger partial charge in [0.05, 0.1) is 11.3 Å². The summed E-state index contributed by atoms with van der Waals surface area (Å²) in [7, 11) is 0. The second-order valence-electron chi connectivity index (χ2n) is 6.30. The van der Waals surface area contributed by atoms with E-state index in [2.05, 4.69) is 0 Å². The summed E-state index contributed by atoms with van der Waals surface area (Å²) in [6, 6.07) is 11.8. The molecule has 0 N–H and O–H groups in total. The number of nitrogens with zero attached hydrogens (tertiary/aromatic N) is 1. The average Bonchev–Trinajstić information content (AvgIpc) is 2.92. The van der Waals surface area contributed by atoms with E-state index in [-0.39, 0.29) is 5.69 Å². The first-order valence-electron chi connectivity index (χ1n) is 7.99. The van der Waals surface area contributed by atoms with Crippen LogP contribution < -0.4 is 5.56 Å². The van der Waals surface area contributed by atoms with E-state index in [0.29, 0.717) is 22.2 Å². The number of benzene rings is 2. The van der Waals surface area contributed by atoms with Crippen LogP contribution >= 0.6 is 0 Å². The van der Waals surface area contributed by atoms with Crippen molar-refractivity contribution in [2.45, 2.75) is 20.0 Å². The Morgan fingerprint density at radius 1 is 0.962 bits per heavy atom. The lowest BCUT2D eigenvalue weighted by Gasteiger charge is -2.13. The van der Waals surface area contributed by atoms with Crippen molar-refractivity contribution in [3.8, 4) is 5.69 Å². The minimum atomic E-state index is -4.48. The van der Waals surface area contributed by atoms with Crippen LogP contribution in [0, 0.1) is 13.8 Å². The van der Waals surface area contributed by atoms with Gasteiger partial charge in [-0.05, 0) is 43.7 Å².